The molecule has 3 aromatic rings. The molecule has 0 radical (unpaired) electrons. The van der Waals surface area contributed by atoms with Crippen LogP contribution in [-0.4, -0.2) is 35.0 Å². The molecule has 0 bridgehead atoms. The van der Waals surface area contributed by atoms with Gasteiger partial charge in [-0.1, -0.05) is 18.2 Å². The molecule has 0 fully saturated rings. The van der Waals surface area contributed by atoms with E-state index in [-0.39, 0.29) is 12.3 Å². The normalized spacial score (nSPS) is 10.3. The van der Waals surface area contributed by atoms with Gasteiger partial charge in [0.2, 0.25) is 5.91 Å². The van der Waals surface area contributed by atoms with Crippen molar-refractivity contribution in [3.05, 3.63) is 66.1 Å². The highest BCUT2D eigenvalue weighted by Crippen LogP contribution is 2.18. The SMILES string of the molecule is CNc1cc(CNC(=O)Cc2ccccc2OC)nc(-c2ccncc2)n1. The number of hydrogen-bond acceptors (Lipinski definition) is 6. The molecular formula is C20H21N5O2. The van der Waals surface area contributed by atoms with E-state index in [4.69, 9.17) is 4.74 Å². The summed E-state index contributed by atoms with van der Waals surface area (Å²) in [7, 11) is 3.39. The number of benzene rings is 1. The van der Waals surface area contributed by atoms with Crippen LogP contribution < -0.4 is 15.4 Å². The molecule has 0 aliphatic rings. The Labute approximate surface area is 157 Å². The van der Waals surface area contributed by atoms with Gasteiger partial charge in [-0.05, 0) is 18.2 Å². The Bertz CT molecular complexity index is 915. The first-order chi connectivity index (χ1) is 13.2. The second-order valence-electron chi connectivity index (χ2n) is 5.82. The predicted octanol–water partition coefficient (Wildman–Crippen LogP) is 2.45. The molecule has 0 atom stereocenters. The van der Waals surface area contributed by atoms with Crippen molar-refractivity contribution in [2.45, 2.75) is 13.0 Å². The van der Waals surface area contributed by atoms with Crippen molar-refractivity contribution in [2.75, 3.05) is 19.5 Å². The van der Waals surface area contributed by atoms with Crippen molar-refractivity contribution in [3.8, 4) is 17.1 Å². The topological polar surface area (TPSA) is 89.0 Å². The standard InChI is InChI=1S/C20H21N5O2/c1-21-18-12-16(24-20(25-18)14-7-9-22-10-8-14)13-23-19(26)11-15-5-3-4-6-17(15)27-2/h3-10,12H,11,13H2,1-2H3,(H,23,26)(H,21,24,25). The Morgan fingerprint density at radius 3 is 2.63 bits per heavy atom. The molecule has 0 saturated heterocycles. The Balaban J connectivity index is 1.71. The molecule has 7 nitrogen and oxygen atoms in total. The van der Waals surface area contributed by atoms with Gasteiger partial charge in [0.15, 0.2) is 5.82 Å². The number of hydrogen-bond donors (Lipinski definition) is 2. The Hall–Kier alpha value is -3.48. The summed E-state index contributed by atoms with van der Waals surface area (Å²) in [5.41, 5.74) is 2.42. The number of ether oxygens (including phenoxy) is 1. The average Bonchev–Trinajstić information content (AvgIpc) is 2.73. The highest BCUT2D eigenvalue weighted by molar-refractivity contribution is 5.79. The van der Waals surface area contributed by atoms with Crippen LogP contribution >= 0.6 is 0 Å². The zero-order chi connectivity index (χ0) is 19.1. The van der Waals surface area contributed by atoms with Gasteiger partial charge in [0, 0.05) is 36.6 Å². The fraction of sp³-hybridized carbons (Fsp3) is 0.200. The molecule has 0 saturated carbocycles. The summed E-state index contributed by atoms with van der Waals surface area (Å²) in [5.74, 6) is 1.87. The summed E-state index contributed by atoms with van der Waals surface area (Å²) in [6.07, 6.45) is 3.63. The van der Waals surface area contributed by atoms with Crippen LogP contribution in [0, 0.1) is 0 Å². The second kappa shape index (κ2) is 8.75. The van der Waals surface area contributed by atoms with Gasteiger partial charge in [-0.25, -0.2) is 9.97 Å². The van der Waals surface area contributed by atoms with Gasteiger partial charge in [0.25, 0.3) is 0 Å². The van der Waals surface area contributed by atoms with Crippen molar-refractivity contribution < 1.29 is 9.53 Å². The highest BCUT2D eigenvalue weighted by Gasteiger charge is 2.10. The molecule has 2 heterocycles. The summed E-state index contributed by atoms with van der Waals surface area (Å²) in [6, 6.07) is 13.0. The molecule has 2 aromatic heterocycles. The van der Waals surface area contributed by atoms with E-state index in [2.05, 4.69) is 25.6 Å². The number of nitrogens with one attached hydrogen (secondary N) is 2. The summed E-state index contributed by atoms with van der Waals surface area (Å²) < 4.78 is 5.29. The largest absolute Gasteiger partial charge is 0.496 e. The van der Waals surface area contributed by atoms with E-state index in [0.29, 0.717) is 23.9 Å². The minimum atomic E-state index is -0.102. The lowest BCUT2D eigenvalue weighted by Crippen LogP contribution is -2.25. The number of para-hydroxylation sites is 1. The first-order valence-electron chi connectivity index (χ1n) is 8.54. The Kier molecular flexibility index (Phi) is 5.94. The number of amides is 1. The zero-order valence-corrected chi connectivity index (χ0v) is 15.3. The van der Waals surface area contributed by atoms with Gasteiger partial charge in [-0.15, -0.1) is 0 Å². The highest BCUT2D eigenvalue weighted by atomic mass is 16.5. The van der Waals surface area contributed by atoms with Crippen molar-refractivity contribution in [1.29, 1.82) is 0 Å². The third kappa shape index (κ3) is 4.78. The van der Waals surface area contributed by atoms with Crippen molar-refractivity contribution in [1.82, 2.24) is 20.3 Å². The lowest BCUT2D eigenvalue weighted by Gasteiger charge is -2.10. The van der Waals surface area contributed by atoms with E-state index < -0.39 is 0 Å². The van der Waals surface area contributed by atoms with Crippen molar-refractivity contribution >= 4 is 11.7 Å². The molecule has 2 N–H and O–H groups in total. The van der Waals surface area contributed by atoms with E-state index in [9.17, 15) is 4.79 Å². The molecule has 1 amide bonds. The summed E-state index contributed by atoms with van der Waals surface area (Å²) in [5, 5.41) is 5.93. The van der Waals surface area contributed by atoms with E-state index in [1.54, 1.807) is 26.6 Å². The van der Waals surface area contributed by atoms with E-state index in [0.717, 1.165) is 16.8 Å². The van der Waals surface area contributed by atoms with Crippen LogP contribution in [0.5, 0.6) is 5.75 Å². The van der Waals surface area contributed by atoms with Crippen LogP contribution in [0.25, 0.3) is 11.4 Å². The molecule has 27 heavy (non-hydrogen) atoms. The van der Waals surface area contributed by atoms with Gasteiger partial charge >= 0.3 is 0 Å². The van der Waals surface area contributed by atoms with Crippen molar-refractivity contribution in [2.24, 2.45) is 0 Å². The van der Waals surface area contributed by atoms with E-state index in [1.165, 1.54) is 0 Å². The average molecular weight is 363 g/mol. The first-order valence-corrected chi connectivity index (χ1v) is 8.54. The number of methoxy groups -OCH3 is 1. The fourth-order valence-corrected chi connectivity index (χ4v) is 2.62. The van der Waals surface area contributed by atoms with E-state index in [1.807, 2.05) is 42.5 Å². The monoisotopic (exact) mass is 363 g/mol. The first kappa shape index (κ1) is 18.3. The fourth-order valence-electron chi connectivity index (χ4n) is 2.62. The van der Waals surface area contributed by atoms with Crippen LogP contribution in [0.1, 0.15) is 11.3 Å². The van der Waals surface area contributed by atoms with Crippen LogP contribution in [0.3, 0.4) is 0 Å². The van der Waals surface area contributed by atoms with Gasteiger partial charge in [-0.3, -0.25) is 9.78 Å². The molecule has 0 spiro atoms. The zero-order valence-electron chi connectivity index (χ0n) is 15.3. The number of pyridine rings is 1. The van der Waals surface area contributed by atoms with Gasteiger partial charge in [0.1, 0.15) is 11.6 Å². The summed E-state index contributed by atoms with van der Waals surface area (Å²) in [4.78, 5) is 25.3. The maximum absolute atomic E-state index is 12.3. The maximum atomic E-state index is 12.3. The third-order valence-electron chi connectivity index (χ3n) is 3.98. The maximum Gasteiger partial charge on any atom is 0.224 e. The summed E-state index contributed by atoms with van der Waals surface area (Å²) >= 11 is 0. The Morgan fingerprint density at radius 1 is 1.11 bits per heavy atom. The molecular weight excluding hydrogens is 342 g/mol. The number of carbonyl (C=O) groups is 1. The van der Waals surface area contributed by atoms with Gasteiger partial charge < -0.3 is 15.4 Å². The van der Waals surface area contributed by atoms with Crippen LogP contribution in [0.2, 0.25) is 0 Å². The quantitative estimate of drug-likeness (QED) is 0.670. The molecule has 0 unspecified atom stereocenters. The van der Waals surface area contributed by atoms with Crippen molar-refractivity contribution in [3.63, 3.8) is 0 Å². The number of anilines is 1. The number of carbonyl (C=O) groups excluding carboxylic acids is 1. The van der Waals surface area contributed by atoms with Crippen LogP contribution in [0.15, 0.2) is 54.9 Å². The number of aromatic nitrogens is 3. The van der Waals surface area contributed by atoms with Gasteiger partial charge in [-0.2, -0.15) is 0 Å². The Morgan fingerprint density at radius 2 is 1.89 bits per heavy atom. The number of nitrogens with zero attached hydrogens (tertiary/aromatic N) is 3. The second-order valence-corrected chi connectivity index (χ2v) is 5.82. The van der Waals surface area contributed by atoms with Crippen LogP contribution in [0.4, 0.5) is 5.82 Å². The van der Waals surface area contributed by atoms with Gasteiger partial charge in [0.05, 0.1) is 25.8 Å². The lowest BCUT2D eigenvalue weighted by atomic mass is 10.1. The van der Waals surface area contributed by atoms with Crippen LogP contribution in [-0.2, 0) is 17.8 Å². The predicted molar refractivity (Wildman–Crippen MR) is 103 cm³/mol. The smallest absolute Gasteiger partial charge is 0.224 e. The third-order valence-corrected chi connectivity index (χ3v) is 3.98. The minimum Gasteiger partial charge on any atom is -0.496 e. The molecule has 0 aliphatic heterocycles. The lowest BCUT2D eigenvalue weighted by molar-refractivity contribution is -0.120. The molecule has 0 aliphatic carbocycles. The molecule has 1 aromatic carbocycles. The summed E-state index contributed by atoms with van der Waals surface area (Å²) in [6.45, 7) is 0.309. The van der Waals surface area contributed by atoms with E-state index >= 15 is 0 Å². The molecule has 3 rings (SSSR count). The number of rotatable bonds is 7. The molecule has 7 heteroatoms. The molecule has 138 valence electrons. The minimum absolute atomic E-state index is 0.102.